The lowest BCUT2D eigenvalue weighted by atomic mass is 9.70. The van der Waals surface area contributed by atoms with Crippen molar-refractivity contribution >= 4 is 11.7 Å². The van der Waals surface area contributed by atoms with Crippen molar-refractivity contribution in [1.82, 2.24) is 10.3 Å². The van der Waals surface area contributed by atoms with Crippen LogP contribution in [-0.4, -0.2) is 24.0 Å². The average Bonchev–Trinajstić information content (AvgIpc) is 2.34. The molecule has 1 amide bonds. The van der Waals surface area contributed by atoms with E-state index in [0.717, 1.165) is 18.9 Å². The second-order valence-electron chi connectivity index (χ2n) is 5.29. The Morgan fingerprint density at radius 3 is 2.83 bits per heavy atom. The second kappa shape index (κ2) is 5.38. The fourth-order valence-electron chi connectivity index (χ4n) is 2.18. The first-order chi connectivity index (χ1) is 8.63. The molecule has 0 bridgehead atoms. The van der Waals surface area contributed by atoms with E-state index in [1.54, 1.807) is 6.07 Å². The fourth-order valence-corrected chi connectivity index (χ4v) is 2.18. The minimum Gasteiger partial charge on any atom is -0.370 e. The van der Waals surface area contributed by atoms with Crippen molar-refractivity contribution < 1.29 is 4.79 Å². The lowest BCUT2D eigenvalue weighted by Gasteiger charge is -2.38. The van der Waals surface area contributed by atoms with Gasteiger partial charge in [-0.3, -0.25) is 4.79 Å². The standard InChI is InChI=1S/C14H21N3O/c1-3-15-12-7-4-6-11(17-12)13(18)16-10-14(2)8-5-9-14/h4,6-7H,3,5,8-10H2,1-2H3,(H,15,17)(H,16,18). The van der Waals surface area contributed by atoms with Crippen molar-refractivity contribution in [2.45, 2.75) is 33.1 Å². The Hall–Kier alpha value is -1.58. The molecule has 0 aromatic carbocycles. The third-order valence-corrected chi connectivity index (χ3v) is 3.58. The van der Waals surface area contributed by atoms with Gasteiger partial charge in [-0.15, -0.1) is 0 Å². The maximum Gasteiger partial charge on any atom is 0.269 e. The van der Waals surface area contributed by atoms with Gasteiger partial charge in [-0.1, -0.05) is 19.4 Å². The molecule has 1 aliphatic carbocycles. The minimum atomic E-state index is -0.0807. The van der Waals surface area contributed by atoms with Gasteiger partial charge in [-0.25, -0.2) is 4.98 Å². The molecule has 4 nitrogen and oxygen atoms in total. The molecule has 1 fully saturated rings. The van der Waals surface area contributed by atoms with E-state index in [4.69, 9.17) is 0 Å². The second-order valence-corrected chi connectivity index (χ2v) is 5.29. The Bertz CT molecular complexity index is 427. The zero-order valence-electron chi connectivity index (χ0n) is 11.1. The number of nitrogens with one attached hydrogen (secondary N) is 2. The van der Waals surface area contributed by atoms with Crippen LogP contribution in [0.1, 0.15) is 43.6 Å². The molecular weight excluding hydrogens is 226 g/mol. The molecule has 1 aromatic rings. The first-order valence-electron chi connectivity index (χ1n) is 6.62. The Morgan fingerprint density at radius 1 is 1.44 bits per heavy atom. The SMILES string of the molecule is CCNc1cccc(C(=O)NCC2(C)CCC2)n1. The number of hydrogen-bond acceptors (Lipinski definition) is 3. The number of hydrogen-bond donors (Lipinski definition) is 2. The quantitative estimate of drug-likeness (QED) is 0.840. The molecule has 2 rings (SSSR count). The zero-order chi connectivity index (χ0) is 13.0. The number of carbonyl (C=O) groups is 1. The van der Waals surface area contributed by atoms with E-state index < -0.39 is 0 Å². The molecule has 0 aliphatic heterocycles. The van der Waals surface area contributed by atoms with Crippen LogP contribution in [0.2, 0.25) is 0 Å². The third kappa shape index (κ3) is 3.00. The van der Waals surface area contributed by atoms with Gasteiger partial charge in [0.2, 0.25) is 0 Å². The van der Waals surface area contributed by atoms with Crippen LogP contribution in [0, 0.1) is 5.41 Å². The molecule has 0 radical (unpaired) electrons. The molecule has 1 aliphatic rings. The van der Waals surface area contributed by atoms with E-state index in [2.05, 4.69) is 22.5 Å². The summed E-state index contributed by atoms with van der Waals surface area (Å²) < 4.78 is 0. The van der Waals surface area contributed by atoms with Crippen molar-refractivity contribution in [3.05, 3.63) is 23.9 Å². The van der Waals surface area contributed by atoms with Gasteiger partial charge in [0.25, 0.3) is 5.91 Å². The summed E-state index contributed by atoms with van der Waals surface area (Å²) in [6, 6.07) is 5.47. The molecule has 0 saturated heterocycles. The molecule has 0 spiro atoms. The number of anilines is 1. The maximum absolute atomic E-state index is 12.0. The summed E-state index contributed by atoms with van der Waals surface area (Å²) in [6.45, 7) is 5.78. The van der Waals surface area contributed by atoms with E-state index in [1.807, 2.05) is 19.1 Å². The molecule has 1 saturated carbocycles. The van der Waals surface area contributed by atoms with Crippen LogP contribution in [0.3, 0.4) is 0 Å². The van der Waals surface area contributed by atoms with Crippen LogP contribution in [0.5, 0.6) is 0 Å². The average molecular weight is 247 g/mol. The molecule has 0 unspecified atom stereocenters. The Morgan fingerprint density at radius 2 is 2.22 bits per heavy atom. The topological polar surface area (TPSA) is 54.0 Å². The molecule has 18 heavy (non-hydrogen) atoms. The largest absolute Gasteiger partial charge is 0.370 e. The molecule has 4 heteroatoms. The van der Waals surface area contributed by atoms with Gasteiger partial charge < -0.3 is 10.6 Å². The zero-order valence-corrected chi connectivity index (χ0v) is 11.1. The van der Waals surface area contributed by atoms with Gasteiger partial charge in [-0.05, 0) is 37.3 Å². The lowest BCUT2D eigenvalue weighted by Crippen LogP contribution is -2.40. The van der Waals surface area contributed by atoms with Gasteiger partial charge in [0, 0.05) is 13.1 Å². The molecule has 1 heterocycles. The molecule has 1 aromatic heterocycles. The molecule has 2 N–H and O–H groups in total. The number of amides is 1. The van der Waals surface area contributed by atoms with Crippen molar-refractivity contribution in [2.24, 2.45) is 5.41 Å². The summed E-state index contributed by atoms with van der Waals surface area (Å²) in [4.78, 5) is 16.3. The van der Waals surface area contributed by atoms with Crippen LogP contribution >= 0.6 is 0 Å². The maximum atomic E-state index is 12.0. The molecule has 98 valence electrons. The van der Waals surface area contributed by atoms with Crippen LogP contribution in [0.25, 0.3) is 0 Å². The first-order valence-corrected chi connectivity index (χ1v) is 6.62. The highest BCUT2D eigenvalue weighted by Crippen LogP contribution is 2.39. The van der Waals surface area contributed by atoms with Gasteiger partial charge >= 0.3 is 0 Å². The number of rotatable bonds is 5. The summed E-state index contributed by atoms with van der Waals surface area (Å²) in [7, 11) is 0. The van der Waals surface area contributed by atoms with E-state index in [-0.39, 0.29) is 5.91 Å². The predicted octanol–water partition coefficient (Wildman–Crippen LogP) is 2.43. The molecular formula is C14H21N3O. The summed E-state index contributed by atoms with van der Waals surface area (Å²) in [5.74, 6) is 0.669. The highest BCUT2D eigenvalue weighted by Gasteiger charge is 2.31. The van der Waals surface area contributed by atoms with Crippen LogP contribution in [0.4, 0.5) is 5.82 Å². The Balaban J connectivity index is 1.93. The van der Waals surface area contributed by atoms with E-state index in [1.165, 1.54) is 19.3 Å². The Kier molecular flexibility index (Phi) is 3.84. The summed E-state index contributed by atoms with van der Waals surface area (Å²) in [6.07, 6.45) is 3.69. The lowest BCUT2D eigenvalue weighted by molar-refractivity contribution is 0.0886. The van der Waals surface area contributed by atoms with E-state index in [0.29, 0.717) is 11.1 Å². The van der Waals surface area contributed by atoms with Gasteiger partial charge in [0.05, 0.1) is 0 Å². The highest BCUT2D eigenvalue weighted by atomic mass is 16.1. The number of nitrogens with zero attached hydrogens (tertiary/aromatic N) is 1. The van der Waals surface area contributed by atoms with E-state index in [9.17, 15) is 4.79 Å². The number of pyridine rings is 1. The van der Waals surface area contributed by atoms with Crippen molar-refractivity contribution in [3.63, 3.8) is 0 Å². The smallest absolute Gasteiger partial charge is 0.269 e. The van der Waals surface area contributed by atoms with Crippen molar-refractivity contribution in [1.29, 1.82) is 0 Å². The van der Waals surface area contributed by atoms with Gasteiger partial charge in [0.1, 0.15) is 11.5 Å². The number of carbonyl (C=O) groups excluding carboxylic acids is 1. The summed E-state index contributed by atoms with van der Waals surface area (Å²) in [5, 5.41) is 6.09. The fraction of sp³-hybridized carbons (Fsp3) is 0.571. The predicted molar refractivity (Wildman–Crippen MR) is 72.7 cm³/mol. The van der Waals surface area contributed by atoms with Gasteiger partial charge in [-0.2, -0.15) is 0 Å². The van der Waals surface area contributed by atoms with Crippen LogP contribution in [-0.2, 0) is 0 Å². The van der Waals surface area contributed by atoms with Crippen molar-refractivity contribution in [3.8, 4) is 0 Å². The summed E-state index contributed by atoms with van der Waals surface area (Å²) in [5.41, 5.74) is 0.783. The normalized spacial score (nSPS) is 16.8. The monoisotopic (exact) mass is 247 g/mol. The van der Waals surface area contributed by atoms with Gasteiger partial charge in [0.15, 0.2) is 0 Å². The minimum absolute atomic E-state index is 0.0807. The Labute approximate surface area is 108 Å². The van der Waals surface area contributed by atoms with E-state index >= 15 is 0 Å². The van der Waals surface area contributed by atoms with Crippen LogP contribution < -0.4 is 10.6 Å². The van der Waals surface area contributed by atoms with Crippen LogP contribution in [0.15, 0.2) is 18.2 Å². The highest BCUT2D eigenvalue weighted by molar-refractivity contribution is 5.92. The number of aromatic nitrogens is 1. The first kappa shape index (κ1) is 12.9. The molecule has 0 atom stereocenters. The summed E-state index contributed by atoms with van der Waals surface area (Å²) >= 11 is 0. The van der Waals surface area contributed by atoms with Crippen molar-refractivity contribution in [2.75, 3.05) is 18.4 Å². The third-order valence-electron chi connectivity index (χ3n) is 3.58.